The van der Waals surface area contributed by atoms with Crippen molar-refractivity contribution >= 4 is 5.97 Å². The van der Waals surface area contributed by atoms with Gasteiger partial charge in [-0.1, -0.05) is 5.11 Å². The van der Waals surface area contributed by atoms with Gasteiger partial charge in [0.2, 0.25) is 0 Å². The van der Waals surface area contributed by atoms with E-state index in [4.69, 9.17) is 20.1 Å². The first kappa shape index (κ1) is 12.7. The Labute approximate surface area is 81.2 Å². The number of hydrogen-bond acceptors (Lipinski definition) is 4. The van der Waals surface area contributed by atoms with E-state index in [1.807, 2.05) is 0 Å². The lowest BCUT2D eigenvalue weighted by atomic mass is 10.5. The van der Waals surface area contributed by atoms with E-state index in [1.165, 1.54) is 0 Å². The number of rotatable bonds is 9. The van der Waals surface area contributed by atoms with Crippen molar-refractivity contribution in [3.8, 4) is 0 Å². The van der Waals surface area contributed by atoms with E-state index >= 15 is 0 Å². The van der Waals surface area contributed by atoms with Gasteiger partial charge in [-0.25, -0.2) is 0 Å². The highest BCUT2D eigenvalue weighted by Gasteiger charge is 1.95. The number of azide groups is 1. The van der Waals surface area contributed by atoms with Gasteiger partial charge in [0.05, 0.1) is 32.8 Å². The van der Waals surface area contributed by atoms with Crippen LogP contribution in [-0.4, -0.2) is 44.0 Å². The van der Waals surface area contributed by atoms with Gasteiger partial charge >= 0.3 is 5.97 Å². The van der Waals surface area contributed by atoms with E-state index in [0.29, 0.717) is 26.4 Å². The van der Waals surface area contributed by atoms with Crippen molar-refractivity contribution in [2.45, 2.75) is 6.42 Å². The quantitative estimate of drug-likeness (QED) is 0.259. The Morgan fingerprint density at radius 2 is 1.93 bits per heavy atom. The molecule has 7 heteroatoms. The number of ether oxygens (including phenoxy) is 2. The van der Waals surface area contributed by atoms with E-state index in [-0.39, 0.29) is 13.0 Å². The van der Waals surface area contributed by atoms with Crippen LogP contribution in [0.5, 0.6) is 0 Å². The highest BCUT2D eigenvalue weighted by Crippen LogP contribution is 1.84. The van der Waals surface area contributed by atoms with Gasteiger partial charge < -0.3 is 14.6 Å². The first-order valence-electron chi connectivity index (χ1n) is 4.15. The van der Waals surface area contributed by atoms with Crippen LogP contribution in [0.15, 0.2) is 5.11 Å². The monoisotopic (exact) mass is 203 g/mol. The standard InChI is InChI=1S/C7H13N3O4/c8-10-9-2-4-14-6-5-13-3-1-7(11)12/h1-6H2,(H,11,12). The molecule has 0 heterocycles. The van der Waals surface area contributed by atoms with Crippen LogP contribution in [0.1, 0.15) is 6.42 Å². The molecule has 0 rings (SSSR count). The van der Waals surface area contributed by atoms with Gasteiger partial charge in [0.15, 0.2) is 0 Å². The van der Waals surface area contributed by atoms with Gasteiger partial charge in [-0.3, -0.25) is 4.79 Å². The van der Waals surface area contributed by atoms with Gasteiger partial charge in [-0.15, -0.1) is 0 Å². The Balaban J connectivity index is 2.99. The predicted octanol–water partition coefficient (Wildman–Crippen LogP) is 0.805. The van der Waals surface area contributed by atoms with Gasteiger partial charge in [0.1, 0.15) is 0 Å². The van der Waals surface area contributed by atoms with E-state index < -0.39 is 5.97 Å². The number of carboxylic acid groups (broad SMARTS) is 1. The molecule has 0 fully saturated rings. The fourth-order valence-electron chi connectivity index (χ4n) is 0.632. The molecule has 14 heavy (non-hydrogen) atoms. The van der Waals surface area contributed by atoms with Crippen molar-refractivity contribution in [1.82, 2.24) is 0 Å². The lowest BCUT2D eigenvalue weighted by Gasteiger charge is -2.02. The van der Waals surface area contributed by atoms with E-state index in [9.17, 15) is 4.79 Å². The Hall–Kier alpha value is -1.30. The number of nitrogens with zero attached hydrogens (tertiary/aromatic N) is 3. The van der Waals surface area contributed by atoms with E-state index in [2.05, 4.69) is 10.0 Å². The zero-order chi connectivity index (χ0) is 10.6. The topological polar surface area (TPSA) is 105 Å². The largest absolute Gasteiger partial charge is 0.481 e. The molecule has 0 aliphatic rings. The molecular weight excluding hydrogens is 190 g/mol. The van der Waals surface area contributed by atoms with Crippen LogP contribution in [0.2, 0.25) is 0 Å². The van der Waals surface area contributed by atoms with Crippen LogP contribution in [-0.2, 0) is 14.3 Å². The third-order valence-corrected chi connectivity index (χ3v) is 1.23. The molecule has 0 unspecified atom stereocenters. The Bertz CT molecular complexity index is 195. The minimum absolute atomic E-state index is 0.00126. The Morgan fingerprint density at radius 1 is 1.29 bits per heavy atom. The molecule has 80 valence electrons. The first-order valence-corrected chi connectivity index (χ1v) is 4.15. The molecule has 7 nitrogen and oxygen atoms in total. The maximum absolute atomic E-state index is 10.0. The molecular formula is C7H13N3O4. The number of aliphatic carboxylic acids is 1. The van der Waals surface area contributed by atoms with Crippen molar-refractivity contribution in [3.05, 3.63) is 10.4 Å². The third kappa shape index (κ3) is 10.7. The fraction of sp³-hybridized carbons (Fsp3) is 0.857. The van der Waals surface area contributed by atoms with E-state index in [0.717, 1.165) is 0 Å². The van der Waals surface area contributed by atoms with Crippen LogP contribution < -0.4 is 0 Å². The molecule has 0 aromatic heterocycles. The second-order valence-electron chi connectivity index (χ2n) is 2.32. The molecule has 0 aliphatic heterocycles. The molecule has 0 aliphatic carbocycles. The molecule has 0 radical (unpaired) electrons. The number of hydrogen-bond donors (Lipinski definition) is 1. The summed E-state index contributed by atoms with van der Waals surface area (Å²) in [6.07, 6.45) is -0.00126. The average molecular weight is 203 g/mol. The van der Waals surface area contributed by atoms with E-state index in [1.54, 1.807) is 0 Å². The summed E-state index contributed by atoms with van der Waals surface area (Å²) in [5.41, 5.74) is 7.91. The normalized spacial score (nSPS) is 9.43. The molecule has 0 bridgehead atoms. The lowest BCUT2D eigenvalue weighted by Crippen LogP contribution is -2.09. The predicted molar refractivity (Wildman–Crippen MR) is 47.9 cm³/mol. The van der Waals surface area contributed by atoms with Gasteiger partial charge in [-0.05, 0) is 5.53 Å². The van der Waals surface area contributed by atoms with Gasteiger partial charge in [0, 0.05) is 11.5 Å². The summed E-state index contributed by atoms with van der Waals surface area (Å²) in [7, 11) is 0. The molecule has 0 aromatic carbocycles. The number of carbonyl (C=O) groups is 1. The summed E-state index contributed by atoms with van der Waals surface area (Å²) in [5.74, 6) is -0.880. The molecule has 0 spiro atoms. The minimum Gasteiger partial charge on any atom is -0.481 e. The van der Waals surface area contributed by atoms with Crippen molar-refractivity contribution < 1.29 is 19.4 Å². The summed E-state index contributed by atoms with van der Waals surface area (Å²) >= 11 is 0. The molecule has 0 amide bonds. The summed E-state index contributed by atoms with van der Waals surface area (Å²) in [6.45, 7) is 1.57. The van der Waals surface area contributed by atoms with Crippen LogP contribution in [0.25, 0.3) is 10.4 Å². The summed E-state index contributed by atoms with van der Waals surface area (Å²) in [4.78, 5) is 12.6. The molecule has 0 aromatic rings. The zero-order valence-corrected chi connectivity index (χ0v) is 7.76. The fourth-order valence-corrected chi connectivity index (χ4v) is 0.632. The second kappa shape index (κ2) is 9.79. The lowest BCUT2D eigenvalue weighted by molar-refractivity contribution is -0.138. The van der Waals surface area contributed by atoms with Crippen LogP contribution in [0.4, 0.5) is 0 Å². The highest BCUT2D eigenvalue weighted by molar-refractivity contribution is 5.66. The average Bonchev–Trinajstić information content (AvgIpc) is 2.15. The second-order valence-corrected chi connectivity index (χ2v) is 2.32. The summed E-state index contributed by atoms with van der Waals surface area (Å²) in [5, 5.41) is 11.5. The van der Waals surface area contributed by atoms with Gasteiger partial charge in [-0.2, -0.15) is 0 Å². The Morgan fingerprint density at radius 3 is 2.50 bits per heavy atom. The van der Waals surface area contributed by atoms with Crippen molar-refractivity contribution in [3.63, 3.8) is 0 Å². The van der Waals surface area contributed by atoms with Crippen molar-refractivity contribution in [2.75, 3.05) is 33.0 Å². The molecule has 0 saturated heterocycles. The maximum atomic E-state index is 10.0. The Kier molecular flexibility index (Phi) is 8.88. The molecule has 0 saturated carbocycles. The highest BCUT2D eigenvalue weighted by atomic mass is 16.5. The zero-order valence-electron chi connectivity index (χ0n) is 7.76. The van der Waals surface area contributed by atoms with Crippen molar-refractivity contribution in [2.24, 2.45) is 5.11 Å². The SMILES string of the molecule is [N-]=[N+]=NCCOCCOCCC(=O)O. The first-order chi connectivity index (χ1) is 6.77. The van der Waals surface area contributed by atoms with Gasteiger partial charge in [0.25, 0.3) is 0 Å². The minimum atomic E-state index is -0.880. The number of carboxylic acids is 1. The summed E-state index contributed by atoms with van der Waals surface area (Å²) < 4.78 is 9.95. The smallest absolute Gasteiger partial charge is 0.305 e. The maximum Gasteiger partial charge on any atom is 0.305 e. The molecule has 0 atom stereocenters. The third-order valence-electron chi connectivity index (χ3n) is 1.23. The molecule has 1 N–H and O–H groups in total. The summed E-state index contributed by atoms with van der Waals surface area (Å²) in [6, 6.07) is 0. The van der Waals surface area contributed by atoms with Crippen LogP contribution in [0, 0.1) is 0 Å². The van der Waals surface area contributed by atoms with Crippen LogP contribution >= 0.6 is 0 Å². The van der Waals surface area contributed by atoms with Crippen LogP contribution in [0.3, 0.4) is 0 Å². The van der Waals surface area contributed by atoms with Crippen molar-refractivity contribution in [1.29, 1.82) is 0 Å².